The monoisotopic (exact) mass is 284 g/mol. The van der Waals surface area contributed by atoms with Crippen molar-refractivity contribution in [3.05, 3.63) is 0 Å². The van der Waals surface area contributed by atoms with Gasteiger partial charge in [0.25, 0.3) is 0 Å². The highest BCUT2D eigenvalue weighted by Gasteiger charge is 2.42. The molecule has 0 aromatic carbocycles. The van der Waals surface area contributed by atoms with Crippen LogP contribution in [0.25, 0.3) is 0 Å². The summed E-state index contributed by atoms with van der Waals surface area (Å²) in [5, 5.41) is 0.175. The van der Waals surface area contributed by atoms with Gasteiger partial charge in [0.05, 0.1) is 0 Å². The topological polar surface area (TPSA) is 26.3 Å². The average molecular weight is 285 g/mol. The molecule has 1 saturated carbocycles. The molecule has 0 spiro atoms. The minimum absolute atomic E-state index is 0.133. The van der Waals surface area contributed by atoms with Crippen LogP contribution in [0.3, 0.4) is 0 Å². The van der Waals surface area contributed by atoms with E-state index in [-0.39, 0.29) is 11.1 Å². The van der Waals surface area contributed by atoms with E-state index in [1.165, 1.54) is 32.1 Å². The number of rotatable bonds is 5. The molecule has 0 aromatic heterocycles. The summed E-state index contributed by atoms with van der Waals surface area (Å²) in [6.07, 6.45) is 6.67. The molecular weight excluding hydrogens is 252 g/mol. The maximum Gasteiger partial charge on any atom is 0.193 e. The van der Waals surface area contributed by atoms with E-state index in [1.54, 1.807) is 0 Å². The second-order valence-corrected chi connectivity index (χ2v) is 12.3. The van der Waals surface area contributed by atoms with Crippen LogP contribution in [-0.2, 0) is 9.22 Å². The Hall–Kier alpha value is -0.153. The molecule has 0 N–H and O–H groups in total. The molecule has 1 aliphatic rings. The van der Waals surface area contributed by atoms with Gasteiger partial charge in [0, 0.05) is 6.42 Å². The smallest absolute Gasteiger partial charge is 0.193 e. The summed E-state index contributed by atoms with van der Waals surface area (Å²) in [7, 11) is -1.85. The molecule has 1 atom stereocenters. The Bertz CT molecular complexity index is 298. The molecule has 1 rings (SSSR count). The summed E-state index contributed by atoms with van der Waals surface area (Å²) >= 11 is 0. The molecule has 1 fully saturated rings. The predicted molar refractivity (Wildman–Crippen MR) is 83.9 cm³/mol. The Labute approximate surface area is 120 Å². The number of carbonyl (C=O) groups excluding carboxylic acids is 1. The lowest BCUT2D eigenvalue weighted by Crippen LogP contribution is -2.48. The largest absolute Gasteiger partial charge is 0.407 e. The van der Waals surface area contributed by atoms with Crippen LogP contribution in [0.4, 0.5) is 0 Å². The first kappa shape index (κ1) is 16.9. The third-order valence-electron chi connectivity index (χ3n) is 4.97. The third-order valence-corrected chi connectivity index (χ3v) is 9.43. The molecule has 19 heavy (non-hydrogen) atoms. The maximum atomic E-state index is 12.3. The van der Waals surface area contributed by atoms with Crippen molar-refractivity contribution < 1.29 is 9.22 Å². The van der Waals surface area contributed by atoms with Gasteiger partial charge in [-0.1, -0.05) is 47.0 Å². The van der Waals surface area contributed by atoms with Crippen LogP contribution < -0.4 is 0 Å². The number of Topliss-reactive ketones (excluding diaryl/α,β-unsaturated/α-hetero) is 1. The Morgan fingerprint density at radius 1 is 1.21 bits per heavy atom. The lowest BCUT2D eigenvalue weighted by atomic mass is 9.83. The lowest BCUT2D eigenvalue weighted by Gasteiger charge is -2.41. The van der Waals surface area contributed by atoms with Gasteiger partial charge < -0.3 is 4.43 Å². The van der Waals surface area contributed by atoms with E-state index in [0.29, 0.717) is 18.1 Å². The van der Waals surface area contributed by atoms with Crippen LogP contribution in [0.1, 0.15) is 66.2 Å². The molecule has 0 heterocycles. The molecule has 1 aliphatic carbocycles. The quantitative estimate of drug-likeness (QED) is 0.669. The van der Waals surface area contributed by atoms with Crippen LogP contribution >= 0.6 is 0 Å². The first-order valence-electron chi connectivity index (χ1n) is 7.89. The summed E-state index contributed by atoms with van der Waals surface area (Å²) < 4.78 is 6.48. The molecule has 0 bridgehead atoms. The van der Waals surface area contributed by atoms with Crippen molar-refractivity contribution in [2.45, 2.75) is 90.5 Å². The molecular formula is C16H32O2Si. The zero-order valence-electron chi connectivity index (χ0n) is 13.7. The predicted octanol–water partition coefficient (Wildman–Crippen LogP) is 4.94. The highest BCUT2D eigenvalue weighted by molar-refractivity contribution is 6.74. The van der Waals surface area contributed by atoms with Crippen LogP contribution in [0.2, 0.25) is 18.1 Å². The van der Waals surface area contributed by atoms with Gasteiger partial charge in [0.15, 0.2) is 14.1 Å². The molecule has 0 aromatic rings. The fourth-order valence-electron chi connectivity index (χ4n) is 2.56. The molecule has 0 saturated heterocycles. The second kappa shape index (κ2) is 6.53. The van der Waals surface area contributed by atoms with Crippen molar-refractivity contribution in [2.24, 2.45) is 5.92 Å². The van der Waals surface area contributed by atoms with Gasteiger partial charge in [0.2, 0.25) is 0 Å². The Morgan fingerprint density at radius 2 is 1.74 bits per heavy atom. The van der Waals surface area contributed by atoms with Crippen molar-refractivity contribution in [1.82, 2.24) is 0 Å². The summed E-state index contributed by atoms with van der Waals surface area (Å²) in [4.78, 5) is 12.3. The molecule has 3 heteroatoms. The fraction of sp³-hybridized carbons (Fsp3) is 0.938. The second-order valence-electron chi connectivity index (χ2n) is 7.52. The Balaban J connectivity index is 2.83. The SMILES string of the molecule is CCC(=O)[C@@H](O[Si](C)(C)C(C)(C)C)C1CCCCC1. The number of carbonyl (C=O) groups is 1. The molecule has 0 aliphatic heterocycles. The van der Waals surface area contributed by atoms with Gasteiger partial charge in [-0.15, -0.1) is 0 Å². The average Bonchev–Trinajstić information content (AvgIpc) is 2.35. The van der Waals surface area contributed by atoms with Crippen molar-refractivity contribution in [3.63, 3.8) is 0 Å². The first-order valence-corrected chi connectivity index (χ1v) is 10.8. The third kappa shape index (κ3) is 4.42. The van der Waals surface area contributed by atoms with Gasteiger partial charge in [-0.05, 0) is 36.9 Å². The zero-order chi connectivity index (χ0) is 14.7. The van der Waals surface area contributed by atoms with E-state index in [9.17, 15) is 4.79 Å². The summed E-state index contributed by atoms with van der Waals surface area (Å²) in [6.45, 7) is 13.2. The fourth-order valence-corrected chi connectivity index (χ4v) is 3.87. The zero-order valence-corrected chi connectivity index (χ0v) is 14.7. The summed E-state index contributed by atoms with van der Waals surface area (Å²) in [6, 6.07) is 0. The number of ketones is 1. The summed E-state index contributed by atoms with van der Waals surface area (Å²) in [5.41, 5.74) is 0. The maximum absolute atomic E-state index is 12.3. The van der Waals surface area contributed by atoms with Crippen molar-refractivity contribution >= 4 is 14.1 Å². The van der Waals surface area contributed by atoms with E-state index < -0.39 is 8.32 Å². The van der Waals surface area contributed by atoms with Crippen LogP contribution in [0.15, 0.2) is 0 Å². The van der Waals surface area contributed by atoms with E-state index in [1.807, 2.05) is 6.92 Å². The highest BCUT2D eigenvalue weighted by atomic mass is 28.4. The van der Waals surface area contributed by atoms with Gasteiger partial charge in [-0.2, -0.15) is 0 Å². The van der Waals surface area contributed by atoms with Gasteiger partial charge >= 0.3 is 0 Å². The van der Waals surface area contributed by atoms with Gasteiger partial charge in [0.1, 0.15) is 6.10 Å². The molecule has 0 unspecified atom stereocenters. The van der Waals surface area contributed by atoms with Crippen molar-refractivity contribution in [3.8, 4) is 0 Å². The highest BCUT2D eigenvalue weighted by Crippen LogP contribution is 2.40. The summed E-state index contributed by atoms with van der Waals surface area (Å²) in [5.74, 6) is 0.784. The Morgan fingerprint density at radius 3 is 2.16 bits per heavy atom. The minimum Gasteiger partial charge on any atom is -0.407 e. The molecule has 0 radical (unpaired) electrons. The van der Waals surface area contributed by atoms with Crippen molar-refractivity contribution in [2.75, 3.05) is 0 Å². The Kier molecular flexibility index (Phi) is 5.81. The normalized spacial score (nSPS) is 20.3. The molecule has 2 nitrogen and oxygen atoms in total. The van der Waals surface area contributed by atoms with Crippen LogP contribution in [0.5, 0.6) is 0 Å². The van der Waals surface area contributed by atoms with Crippen LogP contribution in [0, 0.1) is 5.92 Å². The lowest BCUT2D eigenvalue weighted by molar-refractivity contribution is -0.129. The van der Waals surface area contributed by atoms with E-state index in [2.05, 4.69) is 33.9 Å². The molecule has 112 valence electrons. The van der Waals surface area contributed by atoms with E-state index >= 15 is 0 Å². The van der Waals surface area contributed by atoms with Gasteiger partial charge in [-0.25, -0.2) is 0 Å². The van der Waals surface area contributed by atoms with E-state index in [0.717, 1.165) is 0 Å². The first-order chi connectivity index (χ1) is 8.69. The van der Waals surface area contributed by atoms with Crippen molar-refractivity contribution in [1.29, 1.82) is 0 Å². The minimum atomic E-state index is -1.85. The molecule has 0 amide bonds. The van der Waals surface area contributed by atoms with Crippen LogP contribution in [-0.4, -0.2) is 20.2 Å². The standard InChI is InChI=1S/C16H32O2Si/c1-7-14(17)15(13-11-9-8-10-12-13)18-19(5,6)16(2,3)4/h13,15H,7-12H2,1-6H3/t15-/m0/s1. The van der Waals surface area contributed by atoms with Gasteiger partial charge in [-0.3, -0.25) is 4.79 Å². The number of hydrogen-bond donors (Lipinski definition) is 0. The number of hydrogen-bond acceptors (Lipinski definition) is 2. The van der Waals surface area contributed by atoms with E-state index in [4.69, 9.17) is 4.43 Å².